The van der Waals surface area contributed by atoms with Crippen LogP contribution in [-0.4, -0.2) is 84.9 Å². The predicted octanol–water partition coefficient (Wildman–Crippen LogP) is 4.56. The van der Waals surface area contributed by atoms with Crippen LogP contribution in [0.2, 0.25) is 25.7 Å². The Morgan fingerprint density at radius 3 is 2.71 bits per heavy atom. The highest BCUT2D eigenvalue weighted by molar-refractivity contribution is 6.76. The summed E-state index contributed by atoms with van der Waals surface area (Å²) in [6.07, 6.45) is 4.66. The van der Waals surface area contributed by atoms with E-state index in [0.29, 0.717) is 36.7 Å². The summed E-state index contributed by atoms with van der Waals surface area (Å²) in [4.78, 5) is 31.6. The number of nitrogens with one attached hydrogen (secondary N) is 1. The second kappa shape index (κ2) is 11.4. The van der Waals surface area contributed by atoms with E-state index in [0.717, 1.165) is 29.3 Å². The molecule has 41 heavy (non-hydrogen) atoms. The molecule has 2 aliphatic heterocycles. The third-order valence-electron chi connectivity index (χ3n) is 7.23. The van der Waals surface area contributed by atoms with Crippen LogP contribution in [0.5, 0.6) is 5.75 Å². The predicted molar refractivity (Wildman–Crippen MR) is 156 cm³/mol. The van der Waals surface area contributed by atoms with Crippen molar-refractivity contribution >= 4 is 31.4 Å². The summed E-state index contributed by atoms with van der Waals surface area (Å²) >= 11 is 0. The number of amides is 2. The quantitative estimate of drug-likeness (QED) is 0.385. The van der Waals surface area contributed by atoms with Crippen LogP contribution < -0.4 is 10.1 Å². The van der Waals surface area contributed by atoms with Crippen molar-refractivity contribution in [3.05, 3.63) is 53.5 Å². The van der Waals surface area contributed by atoms with Crippen LogP contribution >= 0.6 is 0 Å². The number of ether oxygens (including phenoxy) is 4. The largest absolute Gasteiger partial charge is 0.487 e. The van der Waals surface area contributed by atoms with Crippen LogP contribution in [-0.2, 0) is 20.6 Å². The number of anilines is 1. The van der Waals surface area contributed by atoms with Gasteiger partial charge in [0, 0.05) is 51.1 Å². The maximum Gasteiger partial charge on any atom is 0.409 e. The molecule has 12 heteroatoms. The van der Waals surface area contributed by atoms with Gasteiger partial charge >= 0.3 is 6.09 Å². The number of fused-ring (bicyclic) bond motifs is 2. The van der Waals surface area contributed by atoms with Gasteiger partial charge in [-0.3, -0.25) is 4.79 Å². The molecule has 2 amide bonds. The number of carbonyl (C=O) groups excluding carboxylic acids is 2. The molecule has 3 aromatic rings. The van der Waals surface area contributed by atoms with Gasteiger partial charge in [-0.2, -0.15) is 5.10 Å². The third kappa shape index (κ3) is 6.88. The zero-order valence-electron chi connectivity index (χ0n) is 24.6. The highest BCUT2D eigenvalue weighted by Gasteiger charge is 2.34. The van der Waals surface area contributed by atoms with Crippen LogP contribution in [0.25, 0.3) is 5.65 Å². The topological polar surface area (TPSA) is 117 Å². The lowest BCUT2D eigenvalue weighted by Gasteiger charge is -2.32. The van der Waals surface area contributed by atoms with Crippen LogP contribution in [0.15, 0.2) is 36.8 Å². The number of carbonyl (C=O) groups is 2. The van der Waals surface area contributed by atoms with E-state index < -0.39 is 14.4 Å². The Kier molecular flexibility index (Phi) is 8.08. The fourth-order valence-corrected chi connectivity index (χ4v) is 5.68. The summed E-state index contributed by atoms with van der Waals surface area (Å²) in [6.45, 7) is 12.2. The van der Waals surface area contributed by atoms with Gasteiger partial charge in [-0.15, -0.1) is 0 Å². The molecule has 0 aliphatic carbocycles. The zero-order valence-corrected chi connectivity index (χ0v) is 25.6. The molecule has 1 saturated heterocycles. The standard InChI is InChI=1S/C29H39N5O6Si/c1-29(2)14-19-12-23(32-27(35)22-15-31-34-9-7-8-30-26(22)34)21(13-24(19)40-29)20-17-38-25(39-18-20)16-33(3)28(36)37-10-11-41(4,5)6/h7-9,12-13,15,20,25H,10-11,14,16-18H2,1-6H3,(H,32,35)/t20-,25+. The fourth-order valence-electron chi connectivity index (χ4n) is 4.97. The van der Waals surface area contributed by atoms with E-state index in [1.54, 1.807) is 30.0 Å². The van der Waals surface area contributed by atoms with Crippen molar-refractivity contribution in [1.29, 1.82) is 0 Å². The number of likely N-dealkylation sites (N-methyl/N-ethyl adjacent to an activating group) is 1. The zero-order chi connectivity index (χ0) is 29.4. The van der Waals surface area contributed by atoms with Crippen molar-refractivity contribution in [1.82, 2.24) is 19.5 Å². The van der Waals surface area contributed by atoms with E-state index in [9.17, 15) is 9.59 Å². The summed E-state index contributed by atoms with van der Waals surface area (Å²) in [6, 6.07) is 6.63. The van der Waals surface area contributed by atoms with E-state index in [-0.39, 0.29) is 30.1 Å². The number of aromatic nitrogens is 3. The lowest BCUT2D eigenvalue weighted by Crippen LogP contribution is -2.41. The average molecular weight is 582 g/mol. The van der Waals surface area contributed by atoms with Crippen LogP contribution in [0, 0.1) is 0 Å². The minimum atomic E-state index is -1.29. The Balaban J connectivity index is 1.27. The number of rotatable bonds is 8. The van der Waals surface area contributed by atoms with Gasteiger partial charge in [0.2, 0.25) is 0 Å². The molecule has 5 rings (SSSR count). The molecule has 0 saturated carbocycles. The Morgan fingerprint density at radius 2 is 1.98 bits per heavy atom. The summed E-state index contributed by atoms with van der Waals surface area (Å²) in [5.41, 5.74) is 3.07. The summed E-state index contributed by atoms with van der Waals surface area (Å²) < 4.78 is 25.3. The van der Waals surface area contributed by atoms with Crippen molar-refractivity contribution < 1.29 is 28.5 Å². The Labute approximate surface area is 241 Å². The number of nitrogens with zero attached hydrogens (tertiary/aromatic N) is 4. The fraction of sp³-hybridized carbons (Fsp3) is 0.517. The van der Waals surface area contributed by atoms with E-state index >= 15 is 0 Å². The first-order valence-electron chi connectivity index (χ1n) is 14.0. The van der Waals surface area contributed by atoms with Crippen molar-refractivity contribution in [2.45, 2.75) is 63.8 Å². The van der Waals surface area contributed by atoms with Crippen LogP contribution in [0.4, 0.5) is 10.5 Å². The molecule has 1 N–H and O–H groups in total. The lowest BCUT2D eigenvalue weighted by atomic mass is 9.94. The molecule has 0 radical (unpaired) electrons. The van der Waals surface area contributed by atoms with E-state index in [1.807, 2.05) is 26.0 Å². The second-order valence-electron chi connectivity index (χ2n) is 12.6. The molecule has 1 aromatic carbocycles. The van der Waals surface area contributed by atoms with Gasteiger partial charge in [0.1, 0.15) is 16.9 Å². The van der Waals surface area contributed by atoms with Gasteiger partial charge in [0.05, 0.1) is 32.6 Å². The van der Waals surface area contributed by atoms with Gasteiger partial charge in [-0.05, 0) is 43.7 Å². The van der Waals surface area contributed by atoms with Crippen molar-refractivity contribution in [2.24, 2.45) is 0 Å². The minimum Gasteiger partial charge on any atom is -0.487 e. The molecule has 0 atom stereocenters. The molecular formula is C29H39N5O6Si. The molecule has 0 spiro atoms. The molecule has 2 aromatic heterocycles. The summed E-state index contributed by atoms with van der Waals surface area (Å²) in [5.74, 6) is 0.335. The average Bonchev–Trinajstić information content (AvgIpc) is 3.47. The maximum absolute atomic E-state index is 13.4. The number of hydrogen-bond acceptors (Lipinski definition) is 8. The summed E-state index contributed by atoms with van der Waals surface area (Å²) in [7, 11) is 0.392. The van der Waals surface area contributed by atoms with Crippen molar-refractivity contribution in [2.75, 3.05) is 38.7 Å². The van der Waals surface area contributed by atoms with E-state index in [4.69, 9.17) is 18.9 Å². The lowest BCUT2D eigenvalue weighted by molar-refractivity contribution is -0.191. The molecule has 1 fully saturated rings. The highest BCUT2D eigenvalue weighted by atomic mass is 28.3. The maximum atomic E-state index is 13.4. The minimum absolute atomic E-state index is 0.157. The van der Waals surface area contributed by atoms with Gasteiger partial charge in [0.25, 0.3) is 5.91 Å². The van der Waals surface area contributed by atoms with Gasteiger partial charge < -0.3 is 29.2 Å². The molecule has 0 bridgehead atoms. The van der Waals surface area contributed by atoms with Crippen LogP contribution in [0.3, 0.4) is 0 Å². The second-order valence-corrected chi connectivity index (χ2v) is 18.2. The number of hydrogen-bond donors (Lipinski definition) is 1. The molecule has 11 nitrogen and oxygen atoms in total. The molecule has 4 heterocycles. The Morgan fingerprint density at radius 1 is 1.22 bits per heavy atom. The van der Waals surface area contributed by atoms with Crippen molar-refractivity contribution in [3.8, 4) is 5.75 Å². The molecule has 220 valence electrons. The summed E-state index contributed by atoms with van der Waals surface area (Å²) in [5, 5.41) is 7.32. The van der Waals surface area contributed by atoms with Crippen molar-refractivity contribution in [3.63, 3.8) is 0 Å². The SMILES string of the molecule is CN(C[C@H]1OC[C@@H](c2cc3c(cc2NC(=O)c2cnn4cccnc24)CC(C)(C)O3)CO1)C(=O)OCC[Si](C)(C)C. The molecular weight excluding hydrogens is 542 g/mol. The Bertz CT molecular complexity index is 1430. The van der Waals surface area contributed by atoms with E-state index in [1.165, 1.54) is 11.1 Å². The highest BCUT2D eigenvalue weighted by Crippen LogP contribution is 2.41. The normalized spacial score (nSPS) is 19.9. The first kappa shape index (κ1) is 29.0. The van der Waals surface area contributed by atoms with Gasteiger partial charge in [0.15, 0.2) is 11.9 Å². The monoisotopic (exact) mass is 581 g/mol. The first-order chi connectivity index (χ1) is 19.4. The van der Waals surface area contributed by atoms with E-state index in [2.05, 4.69) is 35.0 Å². The smallest absolute Gasteiger partial charge is 0.409 e. The Hall–Kier alpha value is -3.48. The number of benzene rings is 1. The first-order valence-corrected chi connectivity index (χ1v) is 17.7. The third-order valence-corrected chi connectivity index (χ3v) is 8.93. The van der Waals surface area contributed by atoms with Gasteiger partial charge in [-0.1, -0.05) is 19.6 Å². The van der Waals surface area contributed by atoms with Crippen LogP contribution in [0.1, 0.15) is 41.3 Å². The van der Waals surface area contributed by atoms with Gasteiger partial charge in [-0.25, -0.2) is 14.3 Å². The molecule has 2 aliphatic rings. The molecule has 0 unspecified atom stereocenters.